The van der Waals surface area contributed by atoms with Crippen molar-refractivity contribution in [1.29, 1.82) is 0 Å². The molecular formula is C12H22N4O5S2. The summed E-state index contributed by atoms with van der Waals surface area (Å²) >= 11 is 0. The van der Waals surface area contributed by atoms with Crippen molar-refractivity contribution in [2.45, 2.75) is 18.7 Å². The van der Waals surface area contributed by atoms with E-state index >= 15 is 0 Å². The maximum absolute atomic E-state index is 12.2. The summed E-state index contributed by atoms with van der Waals surface area (Å²) in [6.45, 7) is 5.02. The van der Waals surface area contributed by atoms with Gasteiger partial charge in [-0.15, -0.1) is 0 Å². The molecule has 2 heterocycles. The van der Waals surface area contributed by atoms with Crippen molar-refractivity contribution in [3.05, 3.63) is 11.5 Å². The Kier molecular flexibility index (Phi) is 5.46. The molecule has 0 aromatic carbocycles. The zero-order valence-corrected chi connectivity index (χ0v) is 15.1. The van der Waals surface area contributed by atoms with Crippen LogP contribution in [-0.2, 0) is 20.0 Å². The number of nitrogens with one attached hydrogen (secondary N) is 1. The molecular weight excluding hydrogens is 344 g/mol. The summed E-state index contributed by atoms with van der Waals surface area (Å²) in [5.41, 5.74) is 0.247. The average Bonchev–Trinajstić information content (AvgIpc) is 2.78. The van der Waals surface area contributed by atoms with Crippen molar-refractivity contribution in [2.75, 3.05) is 45.5 Å². The summed E-state index contributed by atoms with van der Waals surface area (Å²) in [6, 6.07) is 0. The van der Waals surface area contributed by atoms with Crippen molar-refractivity contribution in [3.8, 4) is 0 Å². The monoisotopic (exact) mass is 366 g/mol. The van der Waals surface area contributed by atoms with Crippen LogP contribution in [-0.4, -0.2) is 76.7 Å². The highest BCUT2D eigenvalue weighted by Crippen LogP contribution is 2.18. The molecule has 0 radical (unpaired) electrons. The molecule has 0 bridgehead atoms. The minimum atomic E-state index is -3.84. The van der Waals surface area contributed by atoms with Crippen LogP contribution in [0.25, 0.3) is 0 Å². The van der Waals surface area contributed by atoms with Crippen molar-refractivity contribution in [2.24, 2.45) is 0 Å². The normalized spacial score (nSPS) is 18.4. The van der Waals surface area contributed by atoms with Crippen LogP contribution >= 0.6 is 0 Å². The predicted octanol–water partition coefficient (Wildman–Crippen LogP) is -0.853. The largest absolute Gasteiger partial charge is 0.360 e. The lowest BCUT2D eigenvalue weighted by Crippen LogP contribution is -2.48. The fourth-order valence-corrected chi connectivity index (χ4v) is 5.25. The van der Waals surface area contributed by atoms with Crippen LogP contribution in [0.2, 0.25) is 0 Å². The molecule has 0 spiro atoms. The lowest BCUT2D eigenvalue weighted by molar-refractivity contribution is 0.222. The van der Waals surface area contributed by atoms with Gasteiger partial charge in [0.1, 0.15) is 10.6 Å². The van der Waals surface area contributed by atoms with Crippen LogP contribution < -0.4 is 4.72 Å². The number of sulfonamides is 2. The molecule has 1 aromatic heterocycles. The number of likely N-dealkylation sites (N-methyl/N-ethyl adjacent to an activating group) is 1. The number of hydrogen-bond acceptors (Lipinski definition) is 7. The maximum Gasteiger partial charge on any atom is 0.245 e. The van der Waals surface area contributed by atoms with Gasteiger partial charge in [-0.25, -0.2) is 21.6 Å². The molecule has 1 aliphatic rings. The van der Waals surface area contributed by atoms with Gasteiger partial charge in [-0.1, -0.05) is 5.16 Å². The summed E-state index contributed by atoms with van der Waals surface area (Å²) in [5.74, 6) is -0.101. The molecule has 1 N–H and O–H groups in total. The van der Waals surface area contributed by atoms with Gasteiger partial charge in [0, 0.05) is 32.7 Å². The van der Waals surface area contributed by atoms with Crippen molar-refractivity contribution in [3.63, 3.8) is 0 Å². The molecule has 1 aromatic rings. The van der Waals surface area contributed by atoms with E-state index in [1.165, 1.54) is 18.2 Å². The van der Waals surface area contributed by atoms with Gasteiger partial charge in [0.05, 0.1) is 5.75 Å². The second-order valence-electron chi connectivity index (χ2n) is 5.57. The number of nitrogens with zero attached hydrogens (tertiary/aromatic N) is 3. The Morgan fingerprint density at radius 3 is 2.26 bits per heavy atom. The molecule has 1 fully saturated rings. The van der Waals surface area contributed by atoms with Crippen LogP contribution in [0, 0.1) is 13.8 Å². The van der Waals surface area contributed by atoms with Crippen molar-refractivity contribution >= 4 is 20.0 Å². The maximum atomic E-state index is 12.2. The summed E-state index contributed by atoms with van der Waals surface area (Å²) in [4.78, 5) is 2.01. The molecule has 132 valence electrons. The SMILES string of the molecule is Cc1noc(C)c1S(=O)(=O)NCCS(=O)(=O)N1CCN(C)CC1. The van der Waals surface area contributed by atoms with Crippen LogP contribution in [0.3, 0.4) is 0 Å². The first kappa shape index (κ1) is 18.3. The Balaban J connectivity index is 1.96. The standard InChI is InChI=1S/C12H22N4O5S2/c1-10-12(11(2)21-14-10)23(19,20)13-4-9-22(17,18)16-7-5-15(3)6-8-16/h13H,4-9H2,1-3H3. The van der Waals surface area contributed by atoms with Crippen LogP contribution in [0.15, 0.2) is 9.42 Å². The Labute approximate surface area is 136 Å². The third kappa shape index (κ3) is 4.29. The van der Waals surface area contributed by atoms with E-state index < -0.39 is 20.0 Å². The number of aromatic nitrogens is 1. The van der Waals surface area contributed by atoms with Gasteiger partial charge in [0.25, 0.3) is 0 Å². The Bertz CT molecular complexity index is 729. The van der Waals surface area contributed by atoms with Crippen LogP contribution in [0.5, 0.6) is 0 Å². The van der Waals surface area contributed by atoms with E-state index in [9.17, 15) is 16.8 Å². The van der Waals surface area contributed by atoms with E-state index in [4.69, 9.17) is 4.52 Å². The van der Waals surface area contributed by atoms with Crippen LogP contribution in [0.1, 0.15) is 11.5 Å². The van der Waals surface area contributed by atoms with E-state index in [-0.39, 0.29) is 28.6 Å². The fourth-order valence-electron chi connectivity index (χ4n) is 2.43. The zero-order chi connectivity index (χ0) is 17.3. The quantitative estimate of drug-likeness (QED) is 0.697. The molecule has 11 heteroatoms. The van der Waals surface area contributed by atoms with Crippen LogP contribution in [0.4, 0.5) is 0 Å². The van der Waals surface area contributed by atoms with Crippen molar-refractivity contribution < 1.29 is 21.4 Å². The molecule has 1 aliphatic heterocycles. The second-order valence-corrected chi connectivity index (χ2v) is 9.36. The van der Waals surface area contributed by atoms with Gasteiger partial charge in [-0.2, -0.15) is 4.31 Å². The lowest BCUT2D eigenvalue weighted by Gasteiger charge is -2.31. The lowest BCUT2D eigenvalue weighted by atomic mass is 10.4. The average molecular weight is 366 g/mol. The smallest absolute Gasteiger partial charge is 0.245 e. The molecule has 2 rings (SSSR count). The molecule has 0 atom stereocenters. The zero-order valence-electron chi connectivity index (χ0n) is 13.4. The first-order valence-electron chi connectivity index (χ1n) is 7.22. The molecule has 23 heavy (non-hydrogen) atoms. The number of aryl methyl sites for hydroxylation is 2. The van der Waals surface area contributed by atoms with Crippen molar-refractivity contribution in [1.82, 2.24) is 19.1 Å². The Morgan fingerprint density at radius 2 is 1.74 bits per heavy atom. The van der Waals surface area contributed by atoms with E-state index in [1.807, 2.05) is 11.9 Å². The highest BCUT2D eigenvalue weighted by molar-refractivity contribution is 7.90. The fraction of sp³-hybridized carbons (Fsp3) is 0.750. The number of piperazine rings is 1. The summed E-state index contributed by atoms with van der Waals surface area (Å²) < 4.78 is 57.4. The third-order valence-corrected chi connectivity index (χ3v) is 7.32. The van der Waals surface area contributed by atoms with E-state index in [0.717, 1.165) is 0 Å². The predicted molar refractivity (Wildman–Crippen MR) is 84.0 cm³/mol. The third-order valence-electron chi connectivity index (χ3n) is 3.74. The van der Waals surface area contributed by atoms with Gasteiger partial charge in [0.15, 0.2) is 5.76 Å². The van der Waals surface area contributed by atoms with E-state index in [2.05, 4.69) is 9.88 Å². The van der Waals surface area contributed by atoms with Gasteiger partial charge in [-0.05, 0) is 20.9 Å². The summed E-state index contributed by atoms with van der Waals surface area (Å²) in [7, 11) is -5.38. The van der Waals surface area contributed by atoms with Gasteiger partial charge < -0.3 is 9.42 Å². The van der Waals surface area contributed by atoms with E-state index in [0.29, 0.717) is 26.2 Å². The van der Waals surface area contributed by atoms with Gasteiger partial charge >= 0.3 is 0 Å². The molecule has 0 unspecified atom stereocenters. The Hall–Kier alpha value is -1.01. The molecule has 1 saturated heterocycles. The molecule has 0 aliphatic carbocycles. The van der Waals surface area contributed by atoms with E-state index in [1.54, 1.807) is 0 Å². The van der Waals surface area contributed by atoms with Gasteiger partial charge in [-0.3, -0.25) is 0 Å². The second kappa shape index (κ2) is 6.85. The highest BCUT2D eigenvalue weighted by Gasteiger charge is 2.28. The first-order chi connectivity index (χ1) is 10.6. The minimum Gasteiger partial charge on any atom is -0.360 e. The topological polar surface area (TPSA) is 113 Å². The number of hydrogen-bond donors (Lipinski definition) is 1. The summed E-state index contributed by atoms with van der Waals surface area (Å²) in [5, 5.41) is 3.59. The molecule has 9 nitrogen and oxygen atoms in total. The molecule has 0 saturated carbocycles. The number of rotatable bonds is 6. The highest BCUT2D eigenvalue weighted by atomic mass is 32.2. The summed E-state index contributed by atoms with van der Waals surface area (Å²) in [6.07, 6.45) is 0. The minimum absolute atomic E-state index is 0.0329. The molecule has 0 amide bonds. The first-order valence-corrected chi connectivity index (χ1v) is 10.3. The Morgan fingerprint density at radius 1 is 1.13 bits per heavy atom. The van der Waals surface area contributed by atoms with Gasteiger partial charge in [0.2, 0.25) is 20.0 Å².